The molecule has 148 valence electrons. The Hall–Kier alpha value is -3.06. The van der Waals surface area contributed by atoms with Crippen LogP contribution in [0.1, 0.15) is 44.4 Å². The van der Waals surface area contributed by atoms with Crippen LogP contribution in [0.2, 0.25) is 0 Å². The highest BCUT2D eigenvalue weighted by molar-refractivity contribution is 7.15. The molecule has 1 aromatic heterocycles. The van der Waals surface area contributed by atoms with Crippen LogP contribution in [0.4, 0.5) is 10.8 Å². The van der Waals surface area contributed by atoms with Crippen molar-refractivity contribution in [3.05, 3.63) is 69.7 Å². The summed E-state index contributed by atoms with van der Waals surface area (Å²) in [7, 11) is 0. The van der Waals surface area contributed by atoms with Gasteiger partial charge in [0, 0.05) is 30.1 Å². The number of amides is 2. The van der Waals surface area contributed by atoms with Gasteiger partial charge in [0.2, 0.25) is 11.0 Å². The van der Waals surface area contributed by atoms with E-state index in [0.717, 1.165) is 27.4 Å². The molecule has 6 nitrogen and oxygen atoms in total. The van der Waals surface area contributed by atoms with E-state index in [9.17, 15) is 9.59 Å². The molecular weight excluding hydrogens is 384 g/mol. The van der Waals surface area contributed by atoms with Gasteiger partial charge < -0.3 is 4.90 Å². The molecule has 0 saturated carbocycles. The zero-order valence-electron chi connectivity index (χ0n) is 16.6. The molecule has 4 rings (SSSR count). The van der Waals surface area contributed by atoms with Gasteiger partial charge in [0.05, 0.1) is 0 Å². The van der Waals surface area contributed by atoms with Crippen LogP contribution < -0.4 is 10.2 Å². The number of hydrogen-bond donors (Lipinski definition) is 1. The molecule has 1 unspecified atom stereocenters. The molecular formula is C22H22N4O2S. The molecule has 0 aliphatic carbocycles. The zero-order chi connectivity index (χ0) is 20.5. The van der Waals surface area contributed by atoms with E-state index >= 15 is 0 Å². The van der Waals surface area contributed by atoms with Crippen LogP contribution in [0.5, 0.6) is 0 Å². The number of aryl methyl sites for hydroxylation is 3. The summed E-state index contributed by atoms with van der Waals surface area (Å²) in [4.78, 5) is 26.9. The minimum Gasteiger partial charge on any atom is -0.311 e. The summed E-state index contributed by atoms with van der Waals surface area (Å²) in [6, 6.07) is 13.5. The molecule has 1 saturated heterocycles. The summed E-state index contributed by atoms with van der Waals surface area (Å²) in [6.45, 7) is 6.56. The number of para-hydroxylation sites is 1. The fraction of sp³-hybridized carbons (Fsp3) is 0.273. The van der Waals surface area contributed by atoms with Gasteiger partial charge in [0.15, 0.2) is 0 Å². The summed E-state index contributed by atoms with van der Waals surface area (Å²) >= 11 is 1.33. The highest BCUT2D eigenvalue weighted by Gasteiger charge is 2.34. The standard InChI is InChI=1S/C22H22N4O2S/c1-13-8-9-16(10-15(13)3)20(28)23-22-25-24-21(29-22)17-11-19(27)26(12-17)18-7-5-4-6-14(18)2/h4-10,17H,11-12H2,1-3H3,(H,23,25,28). The third kappa shape index (κ3) is 3.91. The average molecular weight is 407 g/mol. The van der Waals surface area contributed by atoms with Crippen LogP contribution in [-0.2, 0) is 4.79 Å². The molecule has 0 spiro atoms. The molecule has 7 heteroatoms. The van der Waals surface area contributed by atoms with Crippen LogP contribution in [-0.4, -0.2) is 28.6 Å². The topological polar surface area (TPSA) is 75.2 Å². The van der Waals surface area contributed by atoms with Gasteiger partial charge >= 0.3 is 0 Å². The smallest absolute Gasteiger partial charge is 0.257 e. The molecule has 3 aromatic rings. The largest absolute Gasteiger partial charge is 0.311 e. The predicted octanol–water partition coefficient (Wildman–Crippen LogP) is 4.24. The zero-order valence-corrected chi connectivity index (χ0v) is 17.4. The second-order valence-corrected chi connectivity index (χ2v) is 8.40. The number of nitrogens with zero attached hydrogens (tertiary/aromatic N) is 3. The average Bonchev–Trinajstić information content (AvgIpc) is 3.31. The minimum atomic E-state index is -0.208. The van der Waals surface area contributed by atoms with Crippen molar-refractivity contribution in [2.24, 2.45) is 0 Å². The number of benzene rings is 2. The number of hydrogen-bond acceptors (Lipinski definition) is 5. The normalized spacial score (nSPS) is 16.3. The highest BCUT2D eigenvalue weighted by Crippen LogP contribution is 2.35. The van der Waals surface area contributed by atoms with E-state index in [0.29, 0.717) is 23.7 Å². The fourth-order valence-corrected chi connectivity index (χ4v) is 4.30. The van der Waals surface area contributed by atoms with Crippen molar-refractivity contribution in [3.63, 3.8) is 0 Å². The van der Waals surface area contributed by atoms with Gasteiger partial charge in [-0.15, -0.1) is 10.2 Å². The molecule has 2 aromatic carbocycles. The van der Waals surface area contributed by atoms with Crippen molar-refractivity contribution in [2.45, 2.75) is 33.1 Å². The van der Waals surface area contributed by atoms with Crippen LogP contribution in [0.15, 0.2) is 42.5 Å². The SMILES string of the molecule is Cc1ccc(C(=O)Nc2nnc(C3CC(=O)N(c4ccccc4C)C3)s2)cc1C. The van der Waals surface area contributed by atoms with Gasteiger partial charge in [-0.05, 0) is 55.7 Å². The molecule has 0 radical (unpaired) electrons. The summed E-state index contributed by atoms with van der Waals surface area (Å²) in [6.07, 6.45) is 0.397. The monoisotopic (exact) mass is 406 g/mol. The van der Waals surface area contributed by atoms with Gasteiger partial charge in [-0.3, -0.25) is 14.9 Å². The Kier molecular flexibility index (Phi) is 5.15. The van der Waals surface area contributed by atoms with Crippen molar-refractivity contribution in [1.29, 1.82) is 0 Å². The third-order valence-corrected chi connectivity index (χ3v) is 6.31. The highest BCUT2D eigenvalue weighted by atomic mass is 32.1. The Balaban J connectivity index is 1.46. The first-order chi connectivity index (χ1) is 13.9. The maximum atomic E-state index is 12.6. The molecule has 1 aliphatic rings. The Morgan fingerprint density at radius 2 is 1.86 bits per heavy atom. The van der Waals surface area contributed by atoms with E-state index in [1.807, 2.05) is 62.1 Å². The molecule has 0 bridgehead atoms. The van der Waals surface area contributed by atoms with Crippen molar-refractivity contribution in [2.75, 3.05) is 16.8 Å². The van der Waals surface area contributed by atoms with E-state index in [4.69, 9.17) is 0 Å². The Morgan fingerprint density at radius 3 is 2.62 bits per heavy atom. The molecule has 1 N–H and O–H groups in total. The maximum Gasteiger partial charge on any atom is 0.257 e. The summed E-state index contributed by atoms with van der Waals surface area (Å²) in [5.41, 5.74) is 4.81. The minimum absolute atomic E-state index is 0.0214. The second kappa shape index (κ2) is 7.75. The number of carbonyl (C=O) groups is 2. The van der Waals surface area contributed by atoms with Gasteiger partial charge in [0.25, 0.3) is 5.91 Å². The van der Waals surface area contributed by atoms with Gasteiger partial charge in [0.1, 0.15) is 5.01 Å². The molecule has 2 amide bonds. The van der Waals surface area contributed by atoms with E-state index in [2.05, 4.69) is 15.5 Å². The fourth-order valence-electron chi connectivity index (χ4n) is 3.47. The van der Waals surface area contributed by atoms with Crippen LogP contribution >= 0.6 is 11.3 Å². The lowest BCUT2D eigenvalue weighted by atomic mass is 10.1. The number of rotatable bonds is 4. The predicted molar refractivity (Wildman–Crippen MR) is 115 cm³/mol. The first-order valence-corrected chi connectivity index (χ1v) is 10.3. The van der Waals surface area contributed by atoms with Gasteiger partial charge in [-0.25, -0.2) is 0 Å². The molecule has 29 heavy (non-hydrogen) atoms. The van der Waals surface area contributed by atoms with Crippen molar-refractivity contribution < 1.29 is 9.59 Å². The van der Waals surface area contributed by atoms with Crippen LogP contribution in [0.25, 0.3) is 0 Å². The lowest BCUT2D eigenvalue weighted by molar-refractivity contribution is -0.117. The maximum absolute atomic E-state index is 12.6. The van der Waals surface area contributed by atoms with Gasteiger partial charge in [-0.2, -0.15) is 0 Å². The van der Waals surface area contributed by atoms with Crippen molar-refractivity contribution in [3.8, 4) is 0 Å². The van der Waals surface area contributed by atoms with E-state index in [1.165, 1.54) is 11.3 Å². The quantitative estimate of drug-likeness (QED) is 0.703. The summed E-state index contributed by atoms with van der Waals surface area (Å²) in [5.74, 6) is -0.146. The number of anilines is 2. The first-order valence-electron chi connectivity index (χ1n) is 9.50. The first kappa shape index (κ1) is 19.3. The number of aromatic nitrogens is 2. The molecule has 1 aliphatic heterocycles. The second-order valence-electron chi connectivity index (χ2n) is 7.39. The number of nitrogens with one attached hydrogen (secondary N) is 1. The Labute approximate surface area is 173 Å². The van der Waals surface area contributed by atoms with Gasteiger partial charge in [-0.1, -0.05) is 35.6 Å². The van der Waals surface area contributed by atoms with Crippen molar-refractivity contribution in [1.82, 2.24) is 10.2 Å². The lowest BCUT2D eigenvalue weighted by Gasteiger charge is -2.18. The van der Waals surface area contributed by atoms with Crippen LogP contribution in [0.3, 0.4) is 0 Å². The molecule has 2 heterocycles. The third-order valence-electron chi connectivity index (χ3n) is 5.31. The van der Waals surface area contributed by atoms with E-state index < -0.39 is 0 Å². The Morgan fingerprint density at radius 1 is 1.07 bits per heavy atom. The number of carbonyl (C=O) groups excluding carboxylic acids is 2. The Bertz CT molecular complexity index is 1090. The van der Waals surface area contributed by atoms with E-state index in [-0.39, 0.29) is 17.7 Å². The van der Waals surface area contributed by atoms with Crippen molar-refractivity contribution >= 4 is 34.0 Å². The summed E-state index contributed by atoms with van der Waals surface area (Å²) in [5, 5.41) is 12.4. The lowest BCUT2D eigenvalue weighted by Crippen LogP contribution is -2.25. The van der Waals surface area contributed by atoms with Crippen LogP contribution in [0, 0.1) is 20.8 Å². The summed E-state index contributed by atoms with van der Waals surface area (Å²) < 4.78 is 0. The molecule has 1 fully saturated rings. The van der Waals surface area contributed by atoms with E-state index in [1.54, 1.807) is 6.07 Å². The molecule has 1 atom stereocenters.